The van der Waals surface area contributed by atoms with Crippen LogP contribution in [0.25, 0.3) is 0 Å². The molecule has 0 radical (unpaired) electrons. The monoisotopic (exact) mass is 316 g/mol. The first-order valence-electron chi connectivity index (χ1n) is 8.55. The van der Waals surface area contributed by atoms with Crippen LogP contribution in [-0.4, -0.2) is 29.8 Å². The van der Waals surface area contributed by atoms with Crippen molar-refractivity contribution in [3.8, 4) is 0 Å². The summed E-state index contributed by atoms with van der Waals surface area (Å²) in [5.41, 5.74) is 0.825. The molecule has 4 nitrogen and oxygen atoms in total. The molecule has 0 aromatic heterocycles. The molecule has 2 amide bonds. The van der Waals surface area contributed by atoms with Gasteiger partial charge in [0.05, 0.1) is 0 Å². The minimum Gasteiger partial charge on any atom is -0.342 e. The SMILES string of the molecule is CCc1ccccc1NC(=O)C(C)(C)C(=O)N1CCC(C)CC1. The van der Waals surface area contributed by atoms with Gasteiger partial charge in [0, 0.05) is 18.8 Å². The van der Waals surface area contributed by atoms with Crippen molar-refractivity contribution in [3.63, 3.8) is 0 Å². The molecule has 1 aromatic carbocycles. The Morgan fingerprint density at radius 1 is 1.22 bits per heavy atom. The number of piperidine rings is 1. The molecule has 0 bridgehead atoms. The Morgan fingerprint density at radius 3 is 2.43 bits per heavy atom. The van der Waals surface area contributed by atoms with Crippen LogP contribution in [0.15, 0.2) is 24.3 Å². The highest BCUT2D eigenvalue weighted by atomic mass is 16.2. The topological polar surface area (TPSA) is 49.4 Å². The van der Waals surface area contributed by atoms with E-state index in [-0.39, 0.29) is 11.8 Å². The number of aryl methyl sites for hydroxylation is 1. The summed E-state index contributed by atoms with van der Waals surface area (Å²) < 4.78 is 0. The van der Waals surface area contributed by atoms with Crippen molar-refractivity contribution in [2.75, 3.05) is 18.4 Å². The molecule has 126 valence electrons. The van der Waals surface area contributed by atoms with Gasteiger partial charge in [0.25, 0.3) is 0 Å². The summed E-state index contributed by atoms with van der Waals surface area (Å²) in [6.45, 7) is 9.20. The minimum atomic E-state index is -1.05. The van der Waals surface area contributed by atoms with E-state index in [1.165, 1.54) is 0 Å². The third kappa shape index (κ3) is 3.92. The molecule has 0 spiro atoms. The minimum absolute atomic E-state index is 0.0733. The Labute approximate surface area is 139 Å². The molecule has 0 unspecified atom stereocenters. The molecule has 4 heteroatoms. The Kier molecular flexibility index (Phi) is 5.45. The number of nitrogens with zero attached hydrogens (tertiary/aromatic N) is 1. The average molecular weight is 316 g/mol. The zero-order valence-electron chi connectivity index (χ0n) is 14.7. The highest BCUT2D eigenvalue weighted by Gasteiger charge is 2.40. The molecule has 1 N–H and O–H groups in total. The van der Waals surface area contributed by atoms with Crippen LogP contribution in [0.1, 0.15) is 46.1 Å². The number of para-hydroxylation sites is 1. The second-order valence-electron chi connectivity index (χ2n) is 7.06. The lowest BCUT2D eigenvalue weighted by Crippen LogP contribution is -2.49. The maximum atomic E-state index is 12.8. The predicted octanol–water partition coefficient (Wildman–Crippen LogP) is 3.47. The molecule has 1 saturated heterocycles. The van der Waals surface area contributed by atoms with Gasteiger partial charge in [-0.3, -0.25) is 9.59 Å². The van der Waals surface area contributed by atoms with E-state index in [0.29, 0.717) is 5.92 Å². The number of carbonyl (C=O) groups excluding carboxylic acids is 2. The first-order valence-corrected chi connectivity index (χ1v) is 8.55. The molecule has 1 heterocycles. The predicted molar refractivity (Wildman–Crippen MR) is 93.2 cm³/mol. The second-order valence-corrected chi connectivity index (χ2v) is 7.06. The zero-order valence-corrected chi connectivity index (χ0v) is 14.7. The number of anilines is 1. The van der Waals surface area contributed by atoms with Crippen molar-refractivity contribution in [2.45, 2.75) is 47.0 Å². The van der Waals surface area contributed by atoms with Gasteiger partial charge < -0.3 is 10.2 Å². The number of benzene rings is 1. The van der Waals surface area contributed by atoms with E-state index in [9.17, 15) is 9.59 Å². The Bertz CT molecular complexity index is 572. The maximum Gasteiger partial charge on any atom is 0.239 e. The molecule has 0 atom stereocenters. The van der Waals surface area contributed by atoms with Crippen LogP contribution >= 0.6 is 0 Å². The number of nitrogens with one attached hydrogen (secondary N) is 1. The van der Waals surface area contributed by atoms with Crippen LogP contribution in [0.5, 0.6) is 0 Å². The lowest BCUT2D eigenvalue weighted by atomic mass is 9.88. The van der Waals surface area contributed by atoms with E-state index >= 15 is 0 Å². The first kappa shape index (κ1) is 17.5. The lowest BCUT2D eigenvalue weighted by Gasteiger charge is -2.35. The molecular formula is C19H28N2O2. The van der Waals surface area contributed by atoms with Crippen LogP contribution in [0, 0.1) is 11.3 Å². The Hall–Kier alpha value is -1.84. The number of hydrogen-bond acceptors (Lipinski definition) is 2. The van der Waals surface area contributed by atoms with Gasteiger partial charge >= 0.3 is 0 Å². The van der Waals surface area contributed by atoms with Gasteiger partial charge in [-0.15, -0.1) is 0 Å². The van der Waals surface area contributed by atoms with Gasteiger partial charge in [-0.25, -0.2) is 0 Å². The van der Waals surface area contributed by atoms with Crippen molar-refractivity contribution in [2.24, 2.45) is 11.3 Å². The molecule has 1 aliphatic rings. The standard InChI is InChI=1S/C19H28N2O2/c1-5-15-8-6-7-9-16(15)20-17(22)19(3,4)18(23)21-12-10-14(2)11-13-21/h6-9,14H,5,10-13H2,1-4H3,(H,20,22). The molecule has 0 aliphatic carbocycles. The van der Waals surface area contributed by atoms with E-state index in [2.05, 4.69) is 19.2 Å². The third-order valence-electron chi connectivity index (χ3n) is 4.82. The van der Waals surface area contributed by atoms with Crippen molar-refractivity contribution in [3.05, 3.63) is 29.8 Å². The van der Waals surface area contributed by atoms with Gasteiger partial charge in [0.1, 0.15) is 5.41 Å². The number of rotatable bonds is 4. The number of hydrogen-bond donors (Lipinski definition) is 1. The smallest absolute Gasteiger partial charge is 0.239 e. The van der Waals surface area contributed by atoms with Gasteiger partial charge in [0.2, 0.25) is 11.8 Å². The summed E-state index contributed by atoms with van der Waals surface area (Å²) in [4.78, 5) is 27.3. The summed E-state index contributed by atoms with van der Waals surface area (Å²) in [7, 11) is 0. The van der Waals surface area contributed by atoms with Crippen molar-refractivity contribution in [1.29, 1.82) is 0 Å². The summed E-state index contributed by atoms with van der Waals surface area (Å²) in [5.74, 6) is 0.352. The van der Waals surface area contributed by atoms with Crippen molar-refractivity contribution < 1.29 is 9.59 Å². The molecular weight excluding hydrogens is 288 g/mol. The largest absolute Gasteiger partial charge is 0.342 e. The first-order chi connectivity index (χ1) is 10.9. The van der Waals surface area contributed by atoms with E-state index in [0.717, 1.165) is 43.6 Å². The summed E-state index contributed by atoms with van der Waals surface area (Å²) >= 11 is 0. The lowest BCUT2D eigenvalue weighted by molar-refractivity contribution is -0.147. The van der Waals surface area contributed by atoms with Crippen LogP contribution in [0.4, 0.5) is 5.69 Å². The second kappa shape index (κ2) is 7.16. The van der Waals surface area contributed by atoms with Crippen LogP contribution in [-0.2, 0) is 16.0 Å². The van der Waals surface area contributed by atoms with E-state index in [4.69, 9.17) is 0 Å². The van der Waals surface area contributed by atoms with Gasteiger partial charge in [0.15, 0.2) is 0 Å². The normalized spacial score (nSPS) is 16.3. The molecule has 23 heavy (non-hydrogen) atoms. The third-order valence-corrected chi connectivity index (χ3v) is 4.82. The number of amides is 2. The van der Waals surface area contributed by atoms with Crippen LogP contribution < -0.4 is 5.32 Å². The zero-order chi connectivity index (χ0) is 17.0. The van der Waals surface area contributed by atoms with Gasteiger partial charge in [-0.05, 0) is 50.7 Å². The maximum absolute atomic E-state index is 12.8. The van der Waals surface area contributed by atoms with E-state index in [1.807, 2.05) is 29.2 Å². The summed E-state index contributed by atoms with van der Waals surface area (Å²) in [6, 6.07) is 7.74. The fraction of sp³-hybridized carbons (Fsp3) is 0.579. The Balaban J connectivity index is 2.08. The van der Waals surface area contributed by atoms with Gasteiger partial charge in [-0.1, -0.05) is 32.0 Å². The molecule has 0 saturated carbocycles. The summed E-state index contributed by atoms with van der Waals surface area (Å²) in [6.07, 6.45) is 2.87. The quantitative estimate of drug-likeness (QED) is 0.865. The van der Waals surface area contributed by atoms with Crippen LogP contribution in [0.2, 0.25) is 0 Å². The molecule has 1 aromatic rings. The van der Waals surface area contributed by atoms with Crippen molar-refractivity contribution >= 4 is 17.5 Å². The molecule has 1 fully saturated rings. The Morgan fingerprint density at radius 2 is 1.83 bits per heavy atom. The summed E-state index contributed by atoms with van der Waals surface area (Å²) in [5, 5.41) is 2.94. The van der Waals surface area contributed by atoms with Gasteiger partial charge in [-0.2, -0.15) is 0 Å². The number of likely N-dealkylation sites (tertiary alicyclic amines) is 1. The van der Waals surface area contributed by atoms with Crippen LogP contribution in [0.3, 0.4) is 0 Å². The fourth-order valence-corrected chi connectivity index (χ4v) is 2.93. The van der Waals surface area contributed by atoms with E-state index in [1.54, 1.807) is 13.8 Å². The average Bonchev–Trinajstić information content (AvgIpc) is 2.55. The van der Waals surface area contributed by atoms with E-state index < -0.39 is 5.41 Å². The highest BCUT2D eigenvalue weighted by molar-refractivity contribution is 6.10. The molecule has 1 aliphatic heterocycles. The molecule has 2 rings (SSSR count). The highest BCUT2D eigenvalue weighted by Crippen LogP contribution is 2.26. The number of carbonyl (C=O) groups is 2. The van der Waals surface area contributed by atoms with Crippen molar-refractivity contribution in [1.82, 2.24) is 4.90 Å². The fourth-order valence-electron chi connectivity index (χ4n) is 2.93.